The van der Waals surface area contributed by atoms with E-state index in [4.69, 9.17) is 11.6 Å². The maximum absolute atomic E-state index is 10.4. The van der Waals surface area contributed by atoms with Crippen molar-refractivity contribution in [1.29, 1.82) is 0 Å². The molecule has 1 aromatic heterocycles. The van der Waals surface area contributed by atoms with E-state index in [0.29, 0.717) is 0 Å². The lowest BCUT2D eigenvalue weighted by Gasteiger charge is -2.01. The van der Waals surface area contributed by atoms with Gasteiger partial charge in [-0.15, -0.1) is 0 Å². The molecule has 0 saturated carbocycles. The minimum Gasteiger partial charge on any atom is -0.380 e. The Morgan fingerprint density at radius 2 is 2.42 bits per heavy atom. The van der Waals surface area contributed by atoms with E-state index in [1.54, 1.807) is 7.05 Å². The molecule has 0 amide bonds. The smallest absolute Gasteiger partial charge is 0.297 e. The van der Waals surface area contributed by atoms with Gasteiger partial charge in [-0.2, -0.15) is 0 Å². The lowest BCUT2D eigenvalue weighted by Crippen LogP contribution is -1.98. The molecule has 0 atom stereocenters. The zero-order valence-corrected chi connectivity index (χ0v) is 7.00. The fourth-order valence-corrected chi connectivity index (χ4v) is 1.06. The highest BCUT2D eigenvalue weighted by atomic mass is 35.5. The summed E-state index contributed by atoms with van der Waals surface area (Å²) in [5, 5.41) is 13.1. The van der Waals surface area contributed by atoms with E-state index in [1.807, 2.05) is 0 Å². The van der Waals surface area contributed by atoms with E-state index in [2.05, 4.69) is 10.3 Å². The van der Waals surface area contributed by atoms with Gasteiger partial charge in [0.15, 0.2) is 10.8 Å². The molecule has 12 heavy (non-hydrogen) atoms. The number of pyridine rings is 1. The molecule has 1 aromatic rings. The summed E-state index contributed by atoms with van der Waals surface area (Å²) in [6.45, 7) is 0. The van der Waals surface area contributed by atoms with Crippen LogP contribution in [0.5, 0.6) is 0 Å². The minimum atomic E-state index is -0.514. The number of nitro groups is 1. The van der Waals surface area contributed by atoms with Gasteiger partial charge in [-0.1, -0.05) is 11.6 Å². The van der Waals surface area contributed by atoms with Crippen molar-refractivity contribution in [2.75, 3.05) is 12.4 Å². The monoisotopic (exact) mass is 187 g/mol. The van der Waals surface area contributed by atoms with Crippen LogP contribution in [0, 0.1) is 10.1 Å². The summed E-state index contributed by atoms with van der Waals surface area (Å²) in [6.07, 6.45) is 1.29. The van der Waals surface area contributed by atoms with Crippen molar-refractivity contribution >= 4 is 23.0 Å². The Hall–Kier alpha value is -1.36. The highest BCUT2D eigenvalue weighted by Gasteiger charge is 2.15. The number of hydrogen-bond acceptors (Lipinski definition) is 4. The van der Waals surface area contributed by atoms with Crippen molar-refractivity contribution in [3.63, 3.8) is 0 Å². The predicted molar refractivity (Wildman–Crippen MR) is 45.4 cm³/mol. The Balaban J connectivity index is 3.27. The van der Waals surface area contributed by atoms with Gasteiger partial charge in [-0.25, -0.2) is 4.98 Å². The van der Waals surface area contributed by atoms with Crippen molar-refractivity contribution < 1.29 is 4.92 Å². The van der Waals surface area contributed by atoms with Crippen LogP contribution in [0.1, 0.15) is 0 Å². The molecule has 1 heterocycles. The van der Waals surface area contributed by atoms with Gasteiger partial charge in [-0.05, 0) is 0 Å². The highest BCUT2D eigenvalue weighted by Crippen LogP contribution is 2.28. The number of aromatic nitrogens is 1. The molecule has 0 aromatic carbocycles. The summed E-state index contributed by atoms with van der Waals surface area (Å²) >= 11 is 5.60. The van der Waals surface area contributed by atoms with Gasteiger partial charge < -0.3 is 5.32 Å². The van der Waals surface area contributed by atoms with Crippen molar-refractivity contribution in [3.05, 3.63) is 27.5 Å². The van der Waals surface area contributed by atoms with Crippen molar-refractivity contribution in [2.24, 2.45) is 0 Å². The van der Waals surface area contributed by atoms with E-state index in [0.717, 1.165) is 0 Å². The van der Waals surface area contributed by atoms with Crippen LogP contribution >= 0.6 is 11.6 Å². The first-order chi connectivity index (χ1) is 5.66. The Morgan fingerprint density at radius 1 is 1.75 bits per heavy atom. The highest BCUT2D eigenvalue weighted by molar-refractivity contribution is 6.32. The third-order valence-corrected chi connectivity index (χ3v) is 1.62. The summed E-state index contributed by atoms with van der Waals surface area (Å²) in [6, 6.07) is 1.29. The second-order valence-corrected chi connectivity index (χ2v) is 2.36. The lowest BCUT2D eigenvalue weighted by molar-refractivity contribution is -0.384. The van der Waals surface area contributed by atoms with E-state index in [9.17, 15) is 10.1 Å². The van der Waals surface area contributed by atoms with Crippen molar-refractivity contribution in [2.45, 2.75) is 0 Å². The van der Waals surface area contributed by atoms with Crippen molar-refractivity contribution in [3.8, 4) is 0 Å². The zero-order valence-electron chi connectivity index (χ0n) is 6.24. The second kappa shape index (κ2) is 3.36. The Labute approximate surface area is 73.5 Å². The largest absolute Gasteiger partial charge is 0.380 e. The van der Waals surface area contributed by atoms with Gasteiger partial charge in [0.05, 0.1) is 4.92 Å². The van der Waals surface area contributed by atoms with Crippen LogP contribution in [-0.2, 0) is 0 Å². The molecule has 6 heteroatoms. The molecule has 0 unspecified atom stereocenters. The van der Waals surface area contributed by atoms with Gasteiger partial charge in [0.1, 0.15) is 0 Å². The Kier molecular flexibility index (Phi) is 2.44. The van der Waals surface area contributed by atoms with Crippen LogP contribution in [0.25, 0.3) is 0 Å². The summed E-state index contributed by atoms with van der Waals surface area (Å²) in [5.74, 6) is 0. The Morgan fingerprint density at radius 3 is 2.83 bits per heavy atom. The summed E-state index contributed by atoms with van der Waals surface area (Å²) in [5.41, 5.74) is 0.168. The maximum atomic E-state index is 10.4. The van der Waals surface area contributed by atoms with Crippen LogP contribution < -0.4 is 5.32 Å². The molecule has 64 valence electrons. The van der Waals surface area contributed by atoms with E-state index in [-0.39, 0.29) is 16.5 Å². The molecular formula is C6H6ClN3O2. The first-order valence-electron chi connectivity index (χ1n) is 3.13. The summed E-state index contributed by atoms with van der Waals surface area (Å²) in [7, 11) is 1.55. The topological polar surface area (TPSA) is 68.1 Å². The number of anilines is 1. The van der Waals surface area contributed by atoms with Gasteiger partial charge in [0.2, 0.25) is 0 Å². The van der Waals surface area contributed by atoms with Gasteiger partial charge in [-0.3, -0.25) is 10.1 Å². The maximum Gasteiger partial charge on any atom is 0.297 e. The molecule has 0 fully saturated rings. The normalized spacial score (nSPS) is 9.50. The number of hydrogen-bond donors (Lipinski definition) is 1. The van der Waals surface area contributed by atoms with Crippen LogP contribution in [0.15, 0.2) is 12.3 Å². The standard InChI is InChI=1S/C6H6ClN3O2/c1-8-5-4(10(11)12)2-3-9-6(5)7/h2-3,8H,1H3. The molecular weight excluding hydrogens is 182 g/mol. The molecule has 0 radical (unpaired) electrons. The van der Waals surface area contributed by atoms with Crippen LogP contribution in [0.4, 0.5) is 11.4 Å². The van der Waals surface area contributed by atoms with Gasteiger partial charge >= 0.3 is 0 Å². The minimum absolute atomic E-state index is 0.0718. The van der Waals surface area contributed by atoms with Crippen LogP contribution in [0.2, 0.25) is 5.15 Å². The molecule has 0 saturated heterocycles. The van der Waals surface area contributed by atoms with Crippen molar-refractivity contribution in [1.82, 2.24) is 4.98 Å². The molecule has 1 rings (SSSR count). The molecule has 1 N–H and O–H groups in total. The average Bonchev–Trinajstić information content (AvgIpc) is 2.03. The third kappa shape index (κ3) is 1.45. The number of halogens is 1. The van der Waals surface area contributed by atoms with E-state index in [1.165, 1.54) is 12.3 Å². The van der Waals surface area contributed by atoms with E-state index >= 15 is 0 Å². The molecule has 0 aliphatic heterocycles. The van der Waals surface area contributed by atoms with Crippen LogP contribution in [-0.4, -0.2) is 17.0 Å². The number of rotatable bonds is 2. The number of nitrogens with zero attached hydrogens (tertiary/aromatic N) is 2. The first-order valence-corrected chi connectivity index (χ1v) is 3.51. The molecule has 5 nitrogen and oxygen atoms in total. The quantitative estimate of drug-likeness (QED) is 0.435. The summed E-state index contributed by atoms with van der Waals surface area (Å²) < 4.78 is 0. The Bertz CT molecular complexity index is 316. The zero-order chi connectivity index (χ0) is 9.14. The predicted octanol–water partition coefficient (Wildman–Crippen LogP) is 1.68. The van der Waals surface area contributed by atoms with Crippen LogP contribution in [0.3, 0.4) is 0 Å². The second-order valence-electron chi connectivity index (χ2n) is 2.00. The molecule has 0 spiro atoms. The average molecular weight is 188 g/mol. The first kappa shape index (κ1) is 8.73. The third-order valence-electron chi connectivity index (χ3n) is 1.33. The van der Waals surface area contributed by atoms with E-state index < -0.39 is 4.92 Å². The summed E-state index contributed by atoms with van der Waals surface area (Å²) in [4.78, 5) is 13.6. The fraction of sp³-hybridized carbons (Fsp3) is 0.167. The molecule has 0 aliphatic carbocycles. The lowest BCUT2D eigenvalue weighted by atomic mass is 10.3. The SMILES string of the molecule is CNc1c([N+](=O)[O-])ccnc1Cl. The molecule has 0 bridgehead atoms. The van der Waals surface area contributed by atoms with Gasteiger partial charge in [0.25, 0.3) is 5.69 Å². The number of nitrogens with one attached hydrogen (secondary N) is 1. The fourth-order valence-electron chi connectivity index (χ4n) is 0.810. The molecule has 0 aliphatic rings. The van der Waals surface area contributed by atoms with Gasteiger partial charge in [0, 0.05) is 19.3 Å².